The van der Waals surface area contributed by atoms with Crippen molar-refractivity contribution in [3.8, 4) is 22.6 Å². The van der Waals surface area contributed by atoms with Gasteiger partial charge in [-0.1, -0.05) is 200 Å². The summed E-state index contributed by atoms with van der Waals surface area (Å²) in [5.74, 6) is 1.79. The van der Waals surface area contributed by atoms with E-state index in [-0.39, 0.29) is 5.92 Å². The smallest absolute Gasteiger partial charge is 0.140 e. The molecular formula is C54H34O. The highest BCUT2D eigenvalue weighted by Crippen LogP contribution is 2.60. The molecule has 1 heterocycles. The van der Waals surface area contributed by atoms with Crippen LogP contribution >= 0.6 is 0 Å². The molecule has 12 rings (SSSR count). The van der Waals surface area contributed by atoms with Crippen molar-refractivity contribution in [3.05, 3.63) is 239 Å². The number of ether oxygens (including phenoxy) is 1. The Balaban J connectivity index is 1.25. The summed E-state index contributed by atoms with van der Waals surface area (Å²) in [7, 11) is 0. The van der Waals surface area contributed by atoms with Crippen LogP contribution in [0.2, 0.25) is 0 Å². The molecule has 1 heteroatoms. The summed E-state index contributed by atoms with van der Waals surface area (Å²) in [6, 6.07) is 74.0. The zero-order valence-electron chi connectivity index (χ0n) is 30.0. The van der Waals surface area contributed by atoms with E-state index >= 15 is 0 Å². The minimum Gasteiger partial charge on any atom is -0.455 e. The van der Waals surface area contributed by atoms with Gasteiger partial charge in [0.25, 0.3) is 0 Å². The monoisotopic (exact) mass is 698 g/mol. The molecule has 0 N–H and O–H groups in total. The van der Waals surface area contributed by atoms with Crippen molar-refractivity contribution in [2.24, 2.45) is 0 Å². The normalized spacial score (nSPS) is 14.0. The molecule has 10 aromatic carbocycles. The van der Waals surface area contributed by atoms with Crippen LogP contribution in [-0.4, -0.2) is 0 Å². The van der Waals surface area contributed by atoms with Crippen molar-refractivity contribution in [3.63, 3.8) is 0 Å². The first-order chi connectivity index (χ1) is 27.3. The summed E-state index contributed by atoms with van der Waals surface area (Å²) in [5, 5.41) is 9.64. The molecule has 0 atom stereocenters. The fourth-order valence-corrected chi connectivity index (χ4v) is 10.3. The van der Waals surface area contributed by atoms with Crippen molar-refractivity contribution < 1.29 is 4.74 Å². The molecule has 0 unspecified atom stereocenters. The number of benzene rings is 10. The molecule has 0 aromatic heterocycles. The molecule has 0 saturated carbocycles. The maximum absolute atomic E-state index is 7.39. The van der Waals surface area contributed by atoms with E-state index in [2.05, 4.69) is 200 Å². The van der Waals surface area contributed by atoms with Gasteiger partial charge in [-0.05, 0) is 71.3 Å². The summed E-state index contributed by atoms with van der Waals surface area (Å²) < 4.78 is 7.39. The second-order valence-corrected chi connectivity index (χ2v) is 15.0. The zero-order valence-corrected chi connectivity index (χ0v) is 30.0. The predicted molar refractivity (Wildman–Crippen MR) is 228 cm³/mol. The SMILES string of the molecule is c1ccc(C2(c3ccccc3)c3ccccc3-c3ccc(C4c5c(c6ccccc6c6ccccc56)Oc5c4c4ccccc4c4ccccc54)cc32)cc1. The van der Waals surface area contributed by atoms with Gasteiger partial charge in [0.15, 0.2) is 0 Å². The van der Waals surface area contributed by atoms with Gasteiger partial charge in [0, 0.05) is 27.8 Å². The summed E-state index contributed by atoms with van der Waals surface area (Å²) in [6.07, 6.45) is 0. The van der Waals surface area contributed by atoms with Gasteiger partial charge >= 0.3 is 0 Å². The molecule has 55 heavy (non-hydrogen) atoms. The standard InChI is InChI=1S/C54H34O/c1-3-17-35(18-4-1)54(36-19-5-2-6-20-36)47-30-16-15-25-41(47)42-32-31-34(33-48(42)54)49-50-43-26-11-7-21-37(43)39-23-9-13-28-45(39)52(50)55-53-46-29-14-10-24-40(46)38-22-8-12-27-44(38)51(49)53/h1-33,49H. The molecule has 0 saturated heterocycles. The number of rotatable bonds is 3. The predicted octanol–water partition coefficient (Wildman–Crippen LogP) is 13.9. The molecule has 2 aliphatic rings. The average molecular weight is 699 g/mol. The lowest BCUT2D eigenvalue weighted by Crippen LogP contribution is -2.28. The third-order valence-electron chi connectivity index (χ3n) is 12.4. The average Bonchev–Trinajstić information content (AvgIpc) is 3.57. The van der Waals surface area contributed by atoms with Gasteiger partial charge in [0.05, 0.1) is 5.41 Å². The van der Waals surface area contributed by atoms with E-state index in [1.165, 1.54) is 82.4 Å². The maximum atomic E-state index is 7.39. The quantitative estimate of drug-likeness (QED) is 0.167. The summed E-state index contributed by atoms with van der Waals surface area (Å²) in [6.45, 7) is 0. The molecule has 10 aromatic rings. The van der Waals surface area contributed by atoms with E-state index in [0.29, 0.717) is 0 Å². The molecule has 0 radical (unpaired) electrons. The van der Waals surface area contributed by atoms with Crippen LogP contribution in [0.15, 0.2) is 200 Å². The molecule has 0 spiro atoms. The fourth-order valence-electron chi connectivity index (χ4n) is 10.3. The molecule has 0 amide bonds. The van der Waals surface area contributed by atoms with Crippen LogP contribution in [0.25, 0.3) is 54.2 Å². The lowest BCUT2D eigenvalue weighted by Gasteiger charge is -2.36. The van der Waals surface area contributed by atoms with Crippen molar-refractivity contribution in [2.75, 3.05) is 0 Å². The molecular weight excluding hydrogens is 665 g/mol. The van der Waals surface area contributed by atoms with Gasteiger partial charge in [0.1, 0.15) is 11.5 Å². The van der Waals surface area contributed by atoms with E-state index in [1.807, 2.05) is 0 Å². The summed E-state index contributed by atoms with van der Waals surface area (Å²) in [4.78, 5) is 0. The molecule has 0 bridgehead atoms. The van der Waals surface area contributed by atoms with Crippen LogP contribution < -0.4 is 4.74 Å². The van der Waals surface area contributed by atoms with Crippen LogP contribution in [0, 0.1) is 0 Å². The van der Waals surface area contributed by atoms with Crippen LogP contribution in [0.3, 0.4) is 0 Å². The Bertz CT molecular complexity index is 3010. The number of fused-ring (bicyclic) bond motifs is 15. The first-order valence-corrected chi connectivity index (χ1v) is 19.2. The van der Waals surface area contributed by atoms with E-state index in [9.17, 15) is 0 Å². The van der Waals surface area contributed by atoms with Gasteiger partial charge in [-0.15, -0.1) is 0 Å². The molecule has 1 nitrogen and oxygen atoms in total. The Morgan fingerprint density at radius 3 is 1.25 bits per heavy atom. The van der Waals surface area contributed by atoms with Crippen molar-refractivity contribution >= 4 is 43.1 Å². The maximum Gasteiger partial charge on any atom is 0.140 e. The lowest BCUT2D eigenvalue weighted by molar-refractivity contribution is 0.467. The van der Waals surface area contributed by atoms with E-state index in [1.54, 1.807) is 0 Å². The van der Waals surface area contributed by atoms with Crippen LogP contribution in [-0.2, 0) is 5.41 Å². The van der Waals surface area contributed by atoms with Crippen LogP contribution in [0.4, 0.5) is 0 Å². The van der Waals surface area contributed by atoms with Crippen LogP contribution in [0.1, 0.15) is 44.9 Å². The molecule has 1 aliphatic heterocycles. The third-order valence-corrected chi connectivity index (χ3v) is 12.4. The van der Waals surface area contributed by atoms with Gasteiger partial charge in [-0.2, -0.15) is 0 Å². The Kier molecular flexibility index (Phi) is 6.39. The highest BCUT2D eigenvalue weighted by molar-refractivity contribution is 6.17. The summed E-state index contributed by atoms with van der Waals surface area (Å²) in [5.41, 5.74) is 10.9. The fraction of sp³-hybridized carbons (Fsp3) is 0.0370. The largest absolute Gasteiger partial charge is 0.455 e. The van der Waals surface area contributed by atoms with E-state index in [4.69, 9.17) is 4.74 Å². The summed E-state index contributed by atoms with van der Waals surface area (Å²) >= 11 is 0. The molecule has 256 valence electrons. The Labute approximate surface area is 319 Å². The van der Waals surface area contributed by atoms with E-state index in [0.717, 1.165) is 22.3 Å². The zero-order chi connectivity index (χ0) is 36.1. The Hall–Kier alpha value is -6.96. The van der Waals surface area contributed by atoms with E-state index < -0.39 is 5.41 Å². The third kappa shape index (κ3) is 4.07. The molecule has 1 aliphatic carbocycles. The highest BCUT2D eigenvalue weighted by atomic mass is 16.5. The van der Waals surface area contributed by atoms with Crippen molar-refractivity contribution in [2.45, 2.75) is 11.3 Å². The van der Waals surface area contributed by atoms with Crippen molar-refractivity contribution in [1.82, 2.24) is 0 Å². The first-order valence-electron chi connectivity index (χ1n) is 19.2. The minimum atomic E-state index is -0.502. The van der Waals surface area contributed by atoms with Crippen LogP contribution in [0.5, 0.6) is 11.5 Å². The first kappa shape index (κ1) is 30.5. The molecule has 0 fully saturated rings. The van der Waals surface area contributed by atoms with Gasteiger partial charge < -0.3 is 4.74 Å². The Morgan fingerprint density at radius 2 is 0.727 bits per heavy atom. The number of hydrogen-bond donors (Lipinski definition) is 0. The van der Waals surface area contributed by atoms with Gasteiger partial charge in [-0.3, -0.25) is 0 Å². The second-order valence-electron chi connectivity index (χ2n) is 15.0. The number of hydrogen-bond acceptors (Lipinski definition) is 1. The van der Waals surface area contributed by atoms with Gasteiger partial charge in [0.2, 0.25) is 0 Å². The van der Waals surface area contributed by atoms with Crippen molar-refractivity contribution in [1.29, 1.82) is 0 Å². The lowest BCUT2D eigenvalue weighted by atomic mass is 9.67. The second kappa shape index (κ2) is 11.5. The van der Waals surface area contributed by atoms with Gasteiger partial charge in [-0.25, -0.2) is 0 Å². The Morgan fingerprint density at radius 1 is 0.327 bits per heavy atom. The minimum absolute atomic E-state index is 0.110. The highest BCUT2D eigenvalue weighted by Gasteiger charge is 2.47. The topological polar surface area (TPSA) is 9.23 Å².